The van der Waals surface area contributed by atoms with Gasteiger partial charge in [0.2, 0.25) is 21.8 Å². The van der Waals surface area contributed by atoms with E-state index in [1.807, 2.05) is 0 Å². The van der Waals surface area contributed by atoms with Gasteiger partial charge in [-0.2, -0.15) is 4.68 Å². The number of nitrogens with zero attached hydrogens (tertiary/aromatic N) is 2. The fourth-order valence-corrected chi connectivity index (χ4v) is 3.24. The number of hydrogen-bond acceptors (Lipinski definition) is 6. The molecule has 146 valence electrons. The van der Waals surface area contributed by atoms with Gasteiger partial charge < -0.3 is 9.73 Å². The summed E-state index contributed by atoms with van der Waals surface area (Å²) in [5.74, 6) is -2.03. The van der Waals surface area contributed by atoms with Gasteiger partial charge in [-0.05, 0) is 48.9 Å². The maximum absolute atomic E-state index is 13.0. The van der Waals surface area contributed by atoms with Crippen LogP contribution in [0.5, 0.6) is 0 Å². The van der Waals surface area contributed by atoms with E-state index in [1.165, 1.54) is 42.5 Å². The predicted molar refractivity (Wildman–Crippen MR) is 97.3 cm³/mol. The first-order chi connectivity index (χ1) is 13.1. The van der Waals surface area contributed by atoms with Crippen LogP contribution in [0.2, 0.25) is 0 Å². The third kappa shape index (κ3) is 4.32. The van der Waals surface area contributed by atoms with Gasteiger partial charge in [-0.3, -0.25) is 4.79 Å². The second-order valence-electron chi connectivity index (χ2n) is 5.91. The molecule has 1 amide bonds. The van der Waals surface area contributed by atoms with Crippen molar-refractivity contribution >= 4 is 21.6 Å². The van der Waals surface area contributed by atoms with Crippen LogP contribution in [0.15, 0.2) is 56.6 Å². The molecule has 0 atom stereocenters. The third-order valence-corrected chi connectivity index (χ3v) is 4.82. The first-order valence-corrected chi connectivity index (χ1v) is 9.45. The largest absolute Gasteiger partial charge is 0.437 e. The van der Waals surface area contributed by atoms with E-state index in [0.29, 0.717) is 11.1 Å². The summed E-state index contributed by atoms with van der Waals surface area (Å²) in [6, 6.07) is 9.33. The number of carbonyl (C=O) groups excluding carboxylic acids is 1. The van der Waals surface area contributed by atoms with Gasteiger partial charge in [0.1, 0.15) is 12.4 Å². The van der Waals surface area contributed by atoms with Gasteiger partial charge in [-0.25, -0.2) is 22.7 Å². The third-order valence-electron chi connectivity index (χ3n) is 3.77. The monoisotopic (exact) mass is 406 g/mol. The Hall–Kier alpha value is -3.31. The van der Waals surface area contributed by atoms with Crippen LogP contribution >= 0.6 is 0 Å². The van der Waals surface area contributed by atoms with Crippen LogP contribution in [0.4, 0.5) is 10.1 Å². The van der Waals surface area contributed by atoms with Crippen molar-refractivity contribution in [3.63, 3.8) is 0 Å². The Kier molecular flexibility index (Phi) is 5.12. The van der Waals surface area contributed by atoms with E-state index in [9.17, 15) is 22.4 Å². The molecule has 0 radical (unpaired) electrons. The molecular formula is C17H15FN4O5S. The highest BCUT2D eigenvalue weighted by Crippen LogP contribution is 2.19. The summed E-state index contributed by atoms with van der Waals surface area (Å²) in [5, 5.41) is 11.5. The highest BCUT2D eigenvalue weighted by Gasteiger charge is 2.16. The lowest BCUT2D eigenvalue weighted by Crippen LogP contribution is -2.26. The SMILES string of the molecule is Cc1ccc(NC(=O)Cn2nc(-c3ccc(F)cc3)oc2=O)cc1S(N)(=O)=O. The minimum atomic E-state index is -3.95. The Morgan fingerprint density at radius 3 is 2.57 bits per heavy atom. The van der Waals surface area contributed by atoms with Crippen molar-refractivity contribution < 1.29 is 22.0 Å². The highest BCUT2D eigenvalue weighted by atomic mass is 32.2. The van der Waals surface area contributed by atoms with Gasteiger partial charge in [-0.15, -0.1) is 5.10 Å². The smallest absolute Gasteiger partial charge is 0.388 e. The number of nitrogens with one attached hydrogen (secondary N) is 1. The lowest BCUT2D eigenvalue weighted by molar-refractivity contribution is -0.117. The highest BCUT2D eigenvalue weighted by molar-refractivity contribution is 7.89. The molecule has 0 aliphatic heterocycles. The second-order valence-corrected chi connectivity index (χ2v) is 7.44. The Bertz CT molecular complexity index is 1200. The molecule has 0 spiro atoms. The molecule has 0 aliphatic carbocycles. The van der Waals surface area contributed by atoms with Crippen molar-refractivity contribution in [1.82, 2.24) is 9.78 Å². The summed E-state index contributed by atoms with van der Waals surface area (Å²) >= 11 is 0. The summed E-state index contributed by atoms with van der Waals surface area (Å²) in [5.41, 5.74) is 0.987. The fourth-order valence-electron chi connectivity index (χ4n) is 2.44. The molecule has 3 rings (SSSR count). The van der Waals surface area contributed by atoms with Crippen LogP contribution in [-0.4, -0.2) is 24.1 Å². The Labute approximate surface area is 158 Å². The molecular weight excluding hydrogens is 391 g/mol. The molecule has 3 aromatic rings. The van der Waals surface area contributed by atoms with Gasteiger partial charge in [0, 0.05) is 11.3 Å². The second kappa shape index (κ2) is 7.37. The molecule has 9 nitrogen and oxygen atoms in total. The van der Waals surface area contributed by atoms with Crippen molar-refractivity contribution in [2.24, 2.45) is 5.14 Å². The standard InChI is InChI=1S/C17H15FN4O5S/c1-10-2-7-13(8-14(10)28(19,25)26)20-15(23)9-22-17(24)27-16(21-22)11-3-5-12(18)6-4-11/h2-8H,9H2,1H3,(H,20,23)(H2,19,25,26). The number of benzene rings is 2. The number of aryl methyl sites for hydroxylation is 1. The molecule has 1 heterocycles. The van der Waals surface area contributed by atoms with E-state index < -0.39 is 34.0 Å². The zero-order valence-corrected chi connectivity index (χ0v) is 15.4. The van der Waals surface area contributed by atoms with E-state index in [-0.39, 0.29) is 16.5 Å². The number of nitrogens with two attached hydrogens (primary N) is 1. The van der Waals surface area contributed by atoms with Crippen molar-refractivity contribution in [2.75, 3.05) is 5.32 Å². The number of hydrogen-bond donors (Lipinski definition) is 2. The van der Waals surface area contributed by atoms with Crippen molar-refractivity contribution in [1.29, 1.82) is 0 Å². The number of carbonyl (C=O) groups is 1. The number of halogens is 1. The van der Waals surface area contributed by atoms with Crippen LogP contribution in [0, 0.1) is 12.7 Å². The van der Waals surface area contributed by atoms with Crippen LogP contribution < -0.4 is 16.2 Å². The van der Waals surface area contributed by atoms with Crippen molar-refractivity contribution in [2.45, 2.75) is 18.4 Å². The summed E-state index contributed by atoms with van der Waals surface area (Å²) in [6.07, 6.45) is 0. The van der Waals surface area contributed by atoms with E-state index in [4.69, 9.17) is 9.56 Å². The minimum Gasteiger partial charge on any atom is -0.388 e. The molecule has 0 saturated carbocycles. The fraction of sp³-hybridized carbons (Fsp3) is 0.118. The molecule has 0 saturated heterocycles. The Morgan fingerprint density at radius 1 is 1.25 bits per heavy atom. The lowest BCUT2D eigenvalue weighted by Gasteiger charge is -2.08. The lowest BCUT2D eigenvalue weighted by atomic mass is 10.2. The van der Waals surface area contributed by atoms with Crippen molar-refractivity contribution in [3.05, 3.63) is 64.4 Å². The Morgan fingerprint density at radius 2 is 1.93 bits per heavy atom. The molecule has 1 aromatic heterocycles. The minimum absolute atomic E-state index is 0.0651. The van der Waals surface area contributed by atoms with E-state index in [1.54, 1.807) is 6.92 Å². The topological polar surface area (TPSA) is 137 Å². The number of primary sulfonamides is 1. The number of sulfonamides is 1. The molecule has 2 aromatic carbocycles. The average Bonchev–Trinajstić information content (AvgIpc) is 2.97. The summed E-state index contributed by atoms with van der Waals surface area (Å²) < 4.78 is 41.9. The molecule has 0 aliphatic rings. The van der Waals surface area contributed by atoms with E-state index in [2.05, 4.69) is 10.4 Å². The van der Waals surface area contributed by atoms with Crippen LogP contribution in [0.3, 0.4) is 0 Å². The van der Waals surface area contributed by atoms with Gasteiger partial charge in [-0.1, -0.05) is 6.07 Å². The van der Waals surface area contributed by atoms with E-state index in [0.717, 1.165) is 4.68 Å². The van der Waals surface area contributed by atoms with Crippen molar-refractivity contribution in [3.8, 4) is 11.5 Å². The number of rotatable bonds is 5. The van der Waals surface area contributed by atoms with E-state index >= 15 is 0 Å². The molecule has 3 N–H and O–H groups in total. The zero-order chi connectivity index (χ0) is 20.5. The van der Waals surface area contributed by atoms with Gasteiger partial charge in [0.15, 0.2) is 0 Å². The van der Waals surface area contributed by atoms with Crippen LogP contribution in [0.25, 0.3) is 11.5 Å². The van der Waals surface area contributed by atoms with Gasteiger partial charge >= 0.3 is 5.76 Å². The molecule has 0 bridgehead atoms. The summed E-state index contributed by atoms with van der Waals surface area (Å²) in [6.45, 7) is 1.10. The van der Waals surface area contributed by atoms with Gasteiger partial charge in [0.25, 0.3) is 0 Å². The number of anilines is 1. The maximum Gasteiger partial charge on any atom is 0.437 e. The normalized spacial score (nSPS) is 11.4. The first kappa shape index (κ1) is 19.5. The molecule has 28 heavy (non-hydrogen) atoms. The quantitative estimate of drug-likeness (QED) is 0.654. The number of amides is 1. The molecule has 11 heteroatoms. The Balaban J connectivity index is 1.77. The zero-order valence-electron chi connectivity index (χ0n) is 14.5. The van der Waals surface area contributed by atoms with Crippen LogP contribution in [-0.2, 0) is 21.4 Å². The summed E-state index contributed by atoms with van der Waals surface area (Å²) in [7, 11) is -3.95. The average molecular weight is 406 g/mol. The number of aromatic nitrogens is 2. The molecule has 0 unspecified atom stereocenters. The van der Waals surface area contributed by atoms with Gasteiger partial charge in [0.05, 0.1) is 4.90 Å². The molecule has 0 fully saturated rings. The first-order valence-electron chi connectivity index (χ1n) is 7.91. The predicted octanol–water partition coefficient (Wildman–Crippen LogP) is 1.24. The maximum atomic E-state index is 13.0. The summed E-state index contributed by atoms with van der Waals surface area (Å²) in [4.78, 5) is 23.9. The van der Waals surface area contributed by atoms with Crippen LogP contribution in [0.1, 0.15) is 5.56 Å².